The first kappa shape index (κ1) is 28.6. The first-order valence-electron chi connectivity index (χ1n) is 13.4. The summed E-state index contributed by atoms with van der Waals surface area (Å²) in [5.41, 5.74) is 3.02. The predicted molar refractivity (Wildman–Crippen MR) is 158 cm³/mol. The third-order valence-electron chi connectivity index (χ3n) is 6.65. The van der Waals surface area contributed by atoms with Crippen LogP contribution < -0.4 is 15.4 Å². The highest BCUT2D eigenvalue weighted by molar-refractivity contribution is 6.30. The molecule has 0 unspecified atom stereocenters. The number of phenols is 2. The second kappa shape index (κ2) is 12.3. The molecule has 216 valence electrons. The number of halogens is 1. The molecule has 0 saturated heterocycles. The number of anilines is 1. The molecule has 4 N–H and O–H groups in total. The number of nitrogens with one attached hydrogen (secondary N) is 2. The number of fused-ring (bicyclic) bond motifs is 3. The fourth-order valence-electron chi connectivity index (χ4n) is 4.69. The Morgan fingerprint density at radius 2 is 1.83 bits per heavy atom. The maximum atomic E-state index is 12.6. The number of para-hydroxylation sites is 1. The van der Waals surface area contributed by atoms with Gasteiger partial charge in [-0.25, -0.2) is 0 Å². The van der Waals surface area contributed by atoms with Crippen molar-refractivity contribution in [2.45, 2.75) is 32.7 Å². The number of ether oxygens (including phenoxy) is 1. The van der Waals surface area contributed by atoms with Crippen molar-refractivity contribution in [1.82, 2.24) is 20.1 Å². The van der Waals surface area contributed by atoms with Crippen molar-refractivity contribution in [3.63, 3.8) is 0 Å². The van der Waals surface area contributed by atoms with Crippen LogP contribution in [0.5, 0.6) is 17.2 Å². The number of phenolic OH excluding ortho intramolecular Hbond substituents is 2. The number of aromatic nitrogens is 3. The monoisotopic (exact) mass is 588 g/mol. The highest BCUT2D eigenvalue weighted by Crippen LogP contribution is 2.35. The number of aryl methyl sites for hydroxylation is 1. The fourth-order valence-corrected chi connectivity index (χ4v) is 4.82. The van der Waals surface area contributed by atoms with Gasteiger partial charge in [0.2, 0.25) is 11.8 Å². The quantitative estimate of drug-likeness (QED) is 0.211. The number of hydrogen-bond acceptors (Lipinski definition) is 8. The summed E-state index contributed by atoms with van der Waals surface area (Å²) in [5.74, 6) is 0.406. The van der Waals surface area contributed by atoms with E-state index in [-0.39, 0.29) is 36.8 Å². The topological polar surface area (TPSA) is 151 Å². The Kier molecular flexibility index (Phi) is 8.39. The van der Waals surface area contributed by atoms with Crippen molar-refractivity contribution in [3.8, 4) is 22.9 Å². The number of benzene rings is 3. The largest absolute Gasteiger partial charge is 0.504 e. The molecular formula is C30H29ClN6O5. The van der Waals surface area contributed by atoms with E-state index in [1.54, 1.807) is 18.2 Å². The van der Waals surface area contributed by atoms with Crippen molar-refractivity contribution in [3.05, 3.63) is 88.5 Å². The Morgan fingerprint density at radius 1 is 1.05 bits per heavy atom. The lowest BCUT2D eigenvalue weighted by Crippen LogP contribution is -2.25. The van der Waals surface area contributed by atoms with Gasteiger partial charge in [0.05, 0.1) is 36.5 Å². The van der Waals surface area contributed by atoms with Crippen LogP contribution in [0, 0.1) is 6.92 Å². The lowest BCUT2D eigenvalue weighted by atomic mass is 10.00. The van der Waals surface area contributed by atoms with Crippen LogP contribution in [0.2, 0.25) is 5.02 Å². The summed E-state index contributed by atoms with van der Waals surface area (Å²) in [4.78, 5) is 30.1. The van der Waals surface area contributed by atoms with Crippen LogP contribution in [0.1, 0.15) is 48.6 Å². The number of nitrogens with zero attached hydrogens (tertiary/aromatic N) is 4. The highest BCUT2D eigenvalue weighted by atomic mass is 35.5. The van der Waals surface area contributed by atoms with E-state index < -0.39 is 17.7 Å². The zero-order chi connectivity index (χ0) is 29.8. The van der Waals surface area contributed by atoms with Gasteiger partial charge in [-0.05, 0) is 56.3 Å². The Morgan fingerprint density at radius 3 is 2.60 bits per heavy atom. The van der Waals surface area contributed by atoms with Gasteiger partial charge >= 0.3 is 0 Å². The van der Waals surface area contributed by atoms with Gasteiger partial charge in [-0.3, -0.25) is 19.1 Å². The van der Waals surface area contributed by atoms with E-state index in [1.807, 2.05) is 42.7 Å². The summed E-state index contributed by atoms with van der Waals surface area (Å²) in [6.07, 6.45) is 0.0812. The molecule has 0 saturated carbocycles. The lowest BCUT2D eigenvalue weighted by molar-refractivity contribution is -0.121. The third-order valence-corrected chi connectivity index (χ3v) is 6.91. The Labute approximate surface area is 246 Å². The molecule has 1 aliphatic rings. The molecule has 0 aliphatic carbocycles. The lowest BCUT2D eigenvalue weighted by Gasteiger charge is -2.15. The van der Waals surface area contributed by atoms with Gasteiger partial charge in [0, 0.05) is 22.7 Å². The molecule has 42 heavy (non-hydrogen) atoms. The molecule has 0 fully saturated rings. The normalized spacial score (nSPS) is 13.8. The van der Waals surface area contributed by atoms with E-state index in [0.717, 1.165) is 16.8 Å². The number of amides is 2. The predicted octanol–water partition coefficient (Wildman–Crippen LogP) is 4.47. The van der Waals surface area contributed by atoms with Crippen LogP contribution in [0.3, 0.4) is 0 Å². The van der Waals surface area contributed by atoms with E-state index in [9.17, 15) is 19.8 Å². The van der Waals surface area contributed by atoms with E-state index in [1.165, 1.54) is 18.2 Å². The van der Waals surface area contributed by atoms with Crippen LogP contribution in [0.25, 0.3) is 5.69 Å². The summed E-state index contributed by atoms with van der Waals surface area (Å²) in [7, 11) is 0. The molecule has 0 spiro atoms. The summed E-state index contributed by atoms with van der Waals surface area (Å²) in [5, 5.41) is 34.2. The maximum absolute atomic E-state index is 12.6. The summed E-state index contributed by atoms with van der Waals surface area (Å²) >= 11 is 6.17. The van der Waals surface area contributed by atoms with Crippen molar-refractivity contribution < 1.29 is 24.5 Å². The molecule has 11 nitrogen and oxygen atoms in total. The maximum Gasteiger partial charge on any atom is 0.227 e. The van der Waals surface area contributed by atoms with Gasteiger partial charge in [-0.15, -0.1) is 10.2 Å². The minimum absolute atomic E-state index is 0.00633. The molecule has 1 aromatic heterocycles. The number of aliphatic imine (C=N–C) groups is 1. The van der Waals surface area contributed by atoms with Gasteiger partial charge in [0.1, 0.15) is 17.6 Å². The molecule has 2 heterocycles. The summed E-state index contributed by atoms with van der Waals surface area (Å²) < 4.78 is 7.84. The van der Waals surface area contributed by atoms with Gasteiger partial charge < -0.3 is 25.6 Å². The highest BCUT2D eigenvalue weighted by Gasteiger charge is 2.30. The molecule has 0 radical (unpaired) electrons. The first-order chi connectivity index (χ1) is 20.2. The molecule has 3 aromatic carbocycles. The number of rotatable bonds is 9. The fraction of sp³-hybridized carbons (Fsp3) is 0.233. The minimum atomic E-state index is -0.599. The van der Waals surface area contributed by atoms with Crippen molar-refractivity contribution in [2.24, 2.45) is 4.99 Å². The number of hydrogen-bond donors (Lipinski definition) is 4. The standard InChI is InChI=1S/C30H29ClN6O5/c1-3-32-27(40)16-23-30-36-35-17(2)37(30)24-12-11-20(15-21(24)28(34-23)18-7-9-19(31)10-8-18)42-14-13-26(39)33-22-5-4-6-25(38)29(22)41/h4-12,15,23,38,41H,3,13-14,16H2,1-2H3,(H,32,40)(H,33,39)/t23-/m0/s1. The van der Waals surface area contributed by atoms with Crippen molar-refractivity contribution in [2.75, 3.05) is 18.5 Å². The number of carbonyl (C=O) groups is 2. The Hall–Kier alpha value is -4.90. The second-order valence-corrected chi connectivity index (χ2v) is 10.0. The van der Waals surface area contributed by atoms with E-state index in [0.29, 0.717) is 34.7 Å². The first-order valence-corrected chi connectivity index (χ1v) is 13.7. The minimum Gasteiger partial charge on any atom is -0.504 e. The van der Waals surface area contributed by atoms with Crippen LogP contribution >= 0.6 is 11.6 Å². The average molecular weight is 589 g/mol. The Balaban J connectivity index is 1.45. The van der Waals surface area contributed by atoms with Gasteiger partial charge in [-0.2, -0.15) is 0 Å². The summed E-state index contributed by atoms with van der Waals surface area (Å²) in [6, 6.07) is 16.5. The zero-order valence-electron chi connectivity index (χ0n) is 23.0. The number of aromatic hydroxyl groups is 2. The van der Waals surface area contributed by atoms with E-state index in [2.05, 4.69) is 20.8 Å². The molecule has 1 aliphatic heterocycles. The molecule has 0 bridgehead atoms. The SMILES string of the molecule is CCNC(=O)C[C@@H]1N=C(c2ccc(Cl)cc2)c2cc(OCCC(=O)Nc3cccc(O)c3O)ccc2-n2c(C)nnc21. The van der Waals surface area contributed by atoms with E-state index >= 15 is 0 Å². The molecular weight excluding hydrogens is 560 g/mol. The zero-order valence-corrected chi connectivity index (χ0v) is 23.7. The van der Waals surface area contributed by atoms with Gasteiger partial charge in [-0.1, -0.05) is 29.8 Å². The van der Waals surface area contributed by atoms with Crippen LogP contribution in [-0.2, 0) is 9.59 Å². The van der Waals surface area contributed by atoms with Crippen LogP contribution in [-0.4, -0.2) is 55.7 Å². The smallest absolute Gasteiger partial charge is 0.227 e. The molecule has 5 rings (SSSR count). The Bertz CT molecular complexity index is 1670. The van der Waals surface area contributed by atoms with Gasteiger partial charge in [0.15, 0.2) is 17.3 Å². The molecule has 12 heteroatoms. The molecule has 2 amide bonds. The van der Waals surface area contributed by atoms with E-state index in [4.69, 9.17) is 21.3 Å². The molecule has 4 aromatic rings. The van der Waals surface area contributed by atoms with Gasteiger partial charge in [0.25, 0.3) is 0 Å². The van der Waals surface area contributed by atoms with Crippen LogP contribution in [0.15, 0.2) is 65.7 Å². The second-order valence-electron chi connectivity index (χ2n) is 9.60. The number of carbonyl (C=O) groups excluding carboxylic acids is 2. The van der Waals surface area contributed by atoms with Crippen molar-refractivity contribution >= 4 is 34.8 Å². The summed E-state index contributed by atoms with van der Waals surface area (Å²) in [6.45, 7) is 4.24. The van der Waals surface area contributed by atoms with Crippen LogP contribution in [0.4, 0.5) is 5.69 Å². The average Bonchev–Trinajstić information content (AvgIpc) is 3.29. The molecule has 1 atom stereocenters. The third kappa shape index (κ3) is 6.06. The van der Waals surface area contributed by atoms with Crippen molar-refractivity contribution in [1.29, 1.82) is 0 Å².